The van der Waals surface area contributed by atoms with Crippen molar-refractivity contribution in [1.29, 1.82) is 5.41 Å². The molecule has 5 heteroatoms. The summed E-state index contributed by atoms with van der Waals surface area (Å²) in [5, 5.41) is 9.83. The van der Waals surface area contributed by atoms with E-state index in [4.69, 9.17) is 11.1 Å². The zero-order valence-corrected chi connectivity index (χ0v) is 12.1. The molecule has 0 amide bonds. The van der Waals surface area contributed by atoms with Crippen LogP contribution in [0.3, 0.4) is 0 Å². The molecule has 0 aromatic rings. The van der Waals surface area contributed by atoms with Crippen molar-refractivity contribution >= 4 is 5.96 Å². The van der Waals surface area contributed by atoms with Crippen LogP contribution in [0.4, 0.5) is 0 Å². The number of nitrogens with one attached hydrogen (secondary N) is 2. The van der Waals surface area contributed by atoms with Crippen molar-refractivity contribution in [3.63, 3.8) is 0 Å². The van der Waals surface area contributed by atoms with Crippen LogP contribution in [-0.4, -0.2) is 56.5 Å². The fourth-order valence-electron chi connectivity index (χ4n) is 1.55. The van der Waals surface area contributed by atoms with Gasteiger partial charge in [-0.3, -0.25) is 5.41 Å². The predicted octanol–water partition coefficient (Wildman–Crippen LogP) is 1.04. The fraction of sp³-hybridized carbons (Fsp3) is 0.769. The summed E-state index contributed by atoms with van der Waals surface area (Å²) in [7, 11) is 6.26. The first-order valence-corrected chi connectivity index (χ1v) is 6.55. The number of nitrogens with two attached hydrogens (primary N) is 1. The molecule has 0 atom stereocenters. The summed E-state index contributed by atoms with van der Waals surface area (Å²) in [5.74, 6) is 0.0582. The Morgan fingerprint density at radius 1 is 1.17 bits per heavy atom. The highest BCUT2D eigenvalue weighted by atomic mass is 15.2. The molecule has 0 aliphatic heterocycles. The van der Waals surface area contributed by atoms with Gasteiger partial charge in [0.05, 0.1) is 0 Å². The fourth-order valence-corrected chi connectivity index (χ4v) is 1.55. The number of unbranched alkanes of at least 4 members (excludes halogenated alkanes) is 2. The van der Waals surface area contributed by atoms with Crippen LogP contribution in [0.5, 0.6) is 0 Å². The molecule has 0 aromatic heterocycles. The lowest BCUT2D eigenvalue weighted by Gasteiger charge is -2.23. The van der Waals surface area contributed by atoms with Gasteiger partial charge in [0.25, 0.3) is 0 Å². The van der Waals surface area contributed by atoms with Crippen LogP contribution in [0.15, 0.2) is 12.3 Å². The van der Waals surface area contributed by atoms with Gasteiger partial charge in [0.15, 0.2) is 5.96 Å². The van der Waals surface area contributed by atoms with Crippen molar-refractivity contribution < 1.29 is 0 Å². The second-order valence-electron chi connectivity index (χ2n) is 4.94. The van der Waals surface area contributed by atoms with Crippen molar-refractivity contribution in [2.45, 2.75) is 25.7 Å². The van der Waals surface area contributed by atoms with E-state index in [0.717, 1.165) is 45.3 Å². The molecule has 0 fully saturated rings. The van der Waals surface area contributed by atoms with Gasteiger partial charge in [0.1, 0.15) is 0 Å². The van der Waals surface area contributed by atoms with Crippen molar-refractivity contribution in [3.8, 4) is 0 Å². The molecule has 0 aromatic carbocycles. The van der Waals surface area contributed by atoms with E-state index < -0.39 is 0 Å². The number of allylic oxidation sites excluding steroid dienone is 1. The molecule has 5 nitrogen and oxygen atoms in total. The monoisotopic (exact) mass is 255 g/mol. The van der Waals surface area contributed by atoms with Gasteiger partial charge in [-0.2, -0.15) is 0 Å². The molecule has 0 radical (unpaired) electrons. The Morgan fingerprint density at radius 3 is 2.39 bits per heavy atom. The second kappa shape index (κ2) is 9.76. The molecule has 0 aliphatic carbocycles. The minimum atomic E-state index is 0.0582. The standard InChI is InChI=1S/C13H29N5/c1-12(18(4)11-10-17(2)3)8-6-5-7-9-16-13(14)15/h1,5-11H2,2-4H3,(H4,14,15,16). The summed E-state index contributed by atoms with van der Waals surface area (Å²) in [4.78, 5) is 4.41. The van der Waals surface area contributed by atoms with Crippen LogP contribution in [0, 0.1) is 5.41 Å². The van der Waals surface area contributed by atoms with Crippen molar-refractivity contribution in [2.75, 3.05) is 40.8 Å². The lowest BCUT2D eigenvalue weighted by atomic mass is 10.1. The van der Waals surface area contributed by atoms with E-state index in [9.17, 15) is 0 Å². The van der Waals surface area contributed by atoms with E-state index in [0.29, 0.717) is 0 Å². The Labute approximate surface area is 112 Å². The molecule has 0 heterocycles. The number of hydrogen-bond acceptors (Lipinski definition) is 3. The second-order valence-corrected chi connectivity index (χ2v) is 4.94. The maximum absolute atomic E-state index is 7.02. The van der Waals surface area contributed by atoms with Crippen molar-refractivity contribution in [1.82, 2.24) is 15.1 Å². The number of rotatable bonds is 10. The molecule has 0 rings (SSSR count). The molecule has 0 spiro atoms. The maximum atomic E-state index is 7.02. The van der Waals surface area contributed by atoms with E-state index in [2.05, 4.69) is 42.8 Å². The lowest BCUT2D eigenvalue weighted by molar-refractivity contribution is 0.318. The van der Waals surface area contributed by atoms with E-state index in [-0.39, 0.29) is 5.96 Å². The number of hydrogen-bond donors (Lipinski definition) is 3. The average Bonchev–Trinajstić information content (AvgIpc) is 2.29. The first-order valence-electron chi connectivity index (χ1n) is 6.55. The van der Waals surface area contributed by atoms with Gasteiger partial charge in [-0.25, -0.2) is 0 Å². The summed E-state index contributed by atoms with van der Waals surface area (Å²) in [5.41, 5.74) is 6.41. The third kappa shape index (κ3) is 9.96. The summed E-state index contributed by atoms with van der Waals surface area (Å²) in [6.45, 7) is 6.99. The number of likely N-dealkylation sites (N-methyl/N-ethyl adjacent to an activating group) is 2. The zero-order valence-electron chi connectivity index (χ0n) is 12.1. The first-order chi connectivity index (χ1) is 8.43. The zero-order chi connectivity index (χ0) is 14.0. The van der Waals surface area contributed by atoms with Crippen LogP contribution in [0.1, 0.15) is 25.7 Å². The normalized spacial score (nSPS) is 10.4. The van der Waals surface area contributed by atoms with Crippen LogP contribution in [0.25, 0.3) is 0 Å². The minimum absolute atomic E-state index is 0.0582. The van der Waals surface area contributed by atoms with Gasteiger partial charge >= 0.3 is 0 Å². The van der Waals surface area contributed by atoms with Gasteiger partial charge in [-0.15, -0.1) is 0 Å². The van der Waals surface area contributed by atoms with Gasteiger partial charge in [0, 0.05) is 32.4 Å². The molecule has 0 unspecified atom stereocenters. The number of guanidine groups is 1. The smallest absolute Gasteiger partial charge is 0.185 e. The Kier molecular flexibility index (Phi) is 9.10. The van der Waals surface area contributed by atoms with E-state index >= 15 is 0 Å². The Morgan fingerprint density at radius 2 is 1.83 bits per heavy atom. The van der Waals surface area contributed by atoms with E-state index in [1.165, 1.54) is 5.70 Å². The topological polar surface area (TPSA) is 68.4 Å². The number of nitrogens with zero attached hydrogens (tertiary/aromatic N) is 2. The van der Waals surface area contributed by atoms with Crippen LogP contribution >= 0.6 is 0 Å². The van der Waals surface area contributed by atoms with E-state index in [1.807, 2.05) is 0 Å². The predicted molar refractivity (Wildman–Crippen MR) is 78.7 cm³/mol. The molecule has 106 valence electrons. The molecule has 18 heavy (non-hydrogen) atoms. The lowest BCUT2D eigenvalue weighted by Crippen LogP contribution is -2.30. The molecule has 0 bridgehead atoms. The van der Waals surface area contributed by atoms with Crippen LogP contribution in [-0.2, 0) is 0 Å². The Bertz CT molecular complexity index is 250. The summed E-state index contributed by atoms with van der Waals surface area (Å²) < 4.78 is 0. The van der Waals surface area contributed by atoms with Gasteiger partial charge < -0.3 is 20.9 Å². The average molecular weight is 255 g/mol. The highest BCUT2D eigenvalue weighted by Crippen LogP contribution is 2.09. The first kappa shape index (κ1) is 16.8. The molecule has 0 saturated carbocycles. The van der Waals surface area contributed by atoms with Gasteiger partial charge in [-0.05, 0) is 33.4 Å². The SMILES string of the molecule is C=C(CCCCCNC(=N)N)N(C)CCN(C)C. The molecular formula is C13H29N5. The van der Waals surface area contributed by atoms with Crippen molar-refractivity contribution in [2.24, 2.45) is 5.73 Å². The molecular weight excluding hydrogens is 226 g/mol. The quantitative estimate of drug-likeness (QED) is 0.310. The summed E-state index contributed by atoms with van der Waals surface area (Å²) in [6.07, 6.45) is 4.38. The Balaban J connectivity index is 3.49. The van der Waals surface area contributed by atoms with Gasteiger partial charge in [-0.1, -0.05) is 13.0 Å². The van der Waals surface area contributed by atoms with Gasteiger partial charge in [0.2, 0.25) is 0 Å². The molecule has 0 aliphatic rings. The van der Waals surface area contributed by atoms with Crippen LogP contribution in [0.2, 0.25) is 0 Å². The largest absolute Gasteiger partial charge is 0.377 e. The van der Waals surface area contributed by atoms with Crippen LogP contribution < -0.4 is 11.1 Å². The molecule has 4 N–H and O–H groups in total. The van der Waals surface area contributed by atoms with E-state index in [1.54, 1.807) is 0 Å². The Hall–Kier alpha value is -1.23. The van der Waals surface area contributed by atoms with Crippen molar-refractivity contribution in [3.05, 3.63) is 12.3 Å². The highest BCUT2D eigenvalue weighted by Gasteiger charge is 2.02. The highest BCUT2D eigenvalue weighted by molar-refractivity contribution is 5.74. The third-order valence-electron chi connectivity index (χ3n) is 2.88. The summed E-state index contributed by atoms with van der Waals surface area (Å²) >= 11 is 0. The maximum Gasteiger partial charge on any atom is 0.185 e. The minimum Gasteiger partial charge on any atom is -0.377 e. The third-order valence-corrected chi connectivity index (χ3v) is 2.88. The summed E-state index contributed by atoms with van der Waals surface area (Å²) in [6, 6.07) is 0. The molecule has 0 saturated heterocycles.